The van der Waals surface area contributed by atoms with Gasteiger partial charge in [0.25, 0.3) is 0 Å². The summed E-state index contributed by atoms with van der Waals surface area (Å²) in [6, 6.07) is 1.07. The molecule has 0 fully saturated rings. The number of carbonyl (C=O) groups is 1. The van der Waals surface area contributed by atoms with Crippen molar-refractivity contribution in [1.82, 2.24) is 4.90 Å². The van der Waals surface area contributed by atoms with Gasteiger partial charge in [-0.2, -0.15) is 0 Å². The van der Waals surface area contributed by atoms with Gasteiger partial charge in [-0.15, -0.1) is 0 Å². The monoisotopic (exact) mass is 285 g/mol. The third-order valence-electron chi connectivity index (χ3n) is 2.75. The van der Waals surface area contributed by atoms with E-state index >= 15 is 0 Å². The topological polar surface area (TPSA) is 59.0 Å². The van der Waals surface area contributed by atoms with Crippen LogP contribution in [0.4, 0.5) is 0 Å². The Hall–Kier alpha value is -1.11. The van der Waals surface area contributed by atoms with E-state index in [9.17, 15) is 9.90 Å². The molecule has 0 aliphatic carbocycles. The summed E-state index contributed by atoms with van der Waals surface area (Å²) >= 11 is 0. The zero-order valence-electron chi connectivity index (χ0n) is 12.0. The van der Waals surface area contributed by atoms with Crippen molar-refractivity contribution in [3.05, 3.63) is 23.9 Å². The quantitative estimate of drug-likeness (QED) is 0.456. The number of nitrogens with zero attached hydrogens (tertiary/aromatic N) is 1. The highest BCUT2D eigenvalue weighted by atomic mass is 28.3. The first-order chi connectivity index (χ1) is 8.83. The smallest absolute Gasteiger partial charge is 0.339 e. The lowest BCUT2D eigenvalue weighted by molar-refractivity contribution is -0.136. The number of hydrogen-bond donors (Lipinski definition) is 1. The van der Waals surface area contributed by atoms with Crippen molar-refractivity contribution in [1.29, 1.82) is 0 Å². The Bertz CT molecular complexity index is 373. The number of rotatable bonds is 6. The average Bonchev–Trinajstić information content (AvgIpc) is 2.34. The second-order valence-corrected chi connectivity index (χ2v) is 11.3. The summed E-state index contributed by atoms with van der Waals surface area (Å²) in [5, 5.41) is 9.77. The van der Waals surface area contributed by atoms with E-state index in [0.717, 1.165) is 6.04 Å². The lowest BCUT2D eigenvalue weighted by Gasteiger charge is -2.27. The van der Waals surface area contributed by atoms with Crippen molar-refractivity contribution < 1.29 is 19.4 Å². The van der Waals surface area contributed by atoms with Crippen LogP contribution in [0.15, 0.2) is 23.9 Å². The number of ether oxygens (including phenoxy) is 2. The van der Waals surface area contributed by atoms with Crippen LogP contribution in [-0.2, 0) is 14.3 Å². The first kappa shape index (κ1) is 15.9. The fraction of sp³-hybridized carbons (Fsp3) is 0.615. The zero-order chi connectivity index (χ0) is 14.5. The first-order valence-corrected chi connectivity index (χ1v) is 10.0. The number of methoxy groups -OCH3 is 1. The van der Waals surface area contributed by atoms with Gasteiger partial charge in [-0.05, 0) is 18.2 Å². The standard InChI is InChI=1S/C13H23NO4Si/c1-17-13(16)11-5-6-12(15)14(9-11)10-18-7-8-19(2,3)4/h5-6,9,12,15H,7-8,10H2,1-4H3. The molecule has 1 atom stereocenters. The van der Waals surface area contributed by atoms with Gasteiger partial charge in [0.05, 0.1) is 12.7 Å². The minimum atomic E-state index is -1.11. The van der Waals surface area contributed by atoms with E-state index in [1.165, 1.54) is 13.2 Å². The van der Waals surface area contributed by atoms with E-state index in [0.29, 0.717) is 12.2 Å². The van der Waals surface area contributed by atoms with Crippen molar-refractivity contribution in [2.75, 3.05) is 20.4 Å². The Morgan fingerprint density at radius 3 is 2.74 bits per heavy atom. The van der Waals surface area contributed by atoms with Gasteiger partial charge in [0, 0.05) is 20.9 Å². The Kier molecular flexibility index (Phi) is 5.77. The summed E-state index contributed by atoms with van der Waals surface area (Å²) in [7, 11) is 0.223. The van der Waals surface area contributed by atoms with Gasteiger partial charge in [0.1, 0.15) is 13.0 Å². The van der Waals surface area contributed by atoms with Crippen LogP contribution in [0.2, 0.25) is 25.7 Å². The molecule has 6 heteroatoms. The first-order valence-electron chi connectivity index (χ1n) is 6.33. The summed E-state index contributed by atoms with van der Waals surface area (Å²) in [5.41, 5.74) is 0.404. The Morgan fingerprint density at radius 2 is 2.16 bits per heavy atom. The molecule has 1 unspecified atom stereocenters. The third kappa shape index (κ3) is 5.58. The van der Waals surface area contributed by atoms with Crippen LogP contribution in [-0.4, -0.2) is 50.7 Å². The van der Waals surface area contributed by atoms with Gasteiger partial charge in [0.15, 0.2) is 0 Å². The molecule has 0 aromatic heterocycles. The predicted octanol–water partition coefficient (Wildman–Crippen LogP) is 1.55. The molecule has 19 heavy (non-hydrogen) atoms. The fourth-order valence-electron chi connectivity index (χ4n) is 1.50. The maximum Gasteiger partial charge on any atom is 0.339 e. The number of hydrogen-bond acceptors (Lipinski definition) is 5. The molecule has 1 rings (SSSR count). The van der Waals surface area contributed by atoms with Crippen molar-refractivity contribution in [2.24, 2.45) is 0 Å². The van der Waals surface area contributed by atoms with E-state index in [4.69, 9.17) is 4.74 Å². The average molecular weight is 285 g/mol. The Balaban J connectivity index is 2.46. The maximum absolute atomic E-state index is 11.4. The molecule has 0 aromatic rings. The van der Waals surface area contributed by atoms with Crippen LogP contribution in [0.5, 0.6) is 0 Å². The molecule has 0 spiro atoms. The third-order valence-corrected chi connectivity index (χ3v) is 4.45. The highest BCUT2D eigenvalue weighted by Gasteiger charge is 2.19. The summed E-state index contributed by atoms with van der Waals surface area (Å²) in [4.78, 5) is 13.0. The van der Waals surface area contributed by atoms with E-state index in [-0.39, 0.29) is 6.73 Å². The van der Waals surface area contributed by atoms with Gasteiger partial charge in [0.2, 0.25) is 0 Å². The van der Waals surface area contributed by atoms with Crippen molar-refractivity contribution in [3.63, 3.8) is 0 Å². The summed E-state index contributed by atoms with van der Waals surface area (Å²) in [5.74, 6) is -0.421. The molecule has 0 bridgehead atoms. The predicted molar refractivity (Wildman–Crippen MR) is 76.1 cm³/mol. The van der Waals surface area contributed by atoms with Crippen LogP contribution in [0.25, 0.3) is 0 Å². The van der Waals surface area contributed by atoms with Gasteiger partial charge >= 0.3 is 5.97 Å². The molecule has 0 saturated heterocycles. The SMILES string of the molecule is COC(=O)C1=CN(COCC[Si](C)(C)C)C(O)C=C1. The van der Waals surface area contributed by atoms with Crippen molar-refractivity contribution in [3.8, 4) is 0 Å². The van der Waals surface area contributed by atoms with Crippen LogP contribution in [0, 0.1) is 0 Å². The second-order valence-electron chi connectivity index (χ2n) is 5.71. The van der Waals surface area contributed by atoms with Crippen LogP contribution in [0.3, 0.4) is 0 Å². The van der Waals surface area contributed by atoms with E-state index in [1.54, 1.807) is 17.2 Å². The molecule has 1 heterocycles. The number of carbonyl (C=O) groups excluding carboxylic acids is 1. The highest BCUT2D eigenvalue weighted by molar-refractivity contribution is 6.76. The van der Waals surface area contributed by atoms with E-state index < -0.39 is 20.3 Å². The molecule has 1 N–H and O–H groups in total. The van der Waals surface area contributed by atoms with Gasteiger partial charge in [-0.3, -0.25) is 0 Å². The van der Waals surface area contributed by atoms with Gasteiger partial charge in [-0.1, -0.05) is 19.6 Å². The summed E-state index contributed by atoms with van der Waals surface area (Å²) in [6.45, 7) is 7.78. The molecule has 0 aromatic carbocycles. The van der Waals surface area contributed by atoms with Crippen LogP contribution in [0.1, 0.15) is 0 Å². The largest absolute Gasteiger partial charge is 0.465 e. The maximum atomic E-state index is 11.4. The molecule has 0 saturated carbocycles. The minimum absolute atomic E-state index is 0.260. The van der Waals surface area contributed by atoms with E-state index in [1.807, 2.05) is 0 Å². The lowest BCUT2D eigenvalue weighted by Crippen LogP contribution is -2.34. The molecular formula is C13H23NO4Si. The molecule has 0 radical (unpaired) electrons. The number of aliphatic hydroxyl groups excluding tert-OH is 1. The lowest BCUT2D eigenvalue weighted by atomic mass is 10.2. The molecule has 1 aliphatic heterocycles. The number of aliphatic hydroxyl groups is 1. The van der Waals surface area contributed by atoms with Crippen LogP contribution < -0.4 is 0 Å². The van der Waals surface area contributed by atoms with Gasteiger partial charge in [-0.25, -0.2) is 4.79 Å². The van der Waals surface area contributed by atoms with Gasteiger partial charge < -0.3 is 19.5 Å². The molecule has 5 nitrogen and oxygen atoms in total. The second kappa shape index (κ2) is 6.88. The summed E-state index contributed by atoms with van der Waals surface area (Å²) < 4.78 is 10.2. The molecule has 108 valence electrons. The number of esters is 1. The normalized spacial score (nSPS) is 19.3. The molecule has 1 aliphatic rings. The van der Waals surface area contributed by atoms with Crippen molar-refractivity contribution >= 4 is 14.0 Å². The summed E-state index contributed by atoms with van der Waals surface area (Å²) in [6.07, 6.45) is 3.88. The highest BCUT2D eigenvalue weighted by Crippen LogP contribution is 2.14. The fourth-order valence-corrected chi connectivity index (χ4v) is 2.26. The molecule has 0 amide bonds. The van der Waals surface area contributed by atoms with Crippen LogP contribution >= 0.6 is 0 Å². The molecular weight excluding hydrogens is 262 g/mol. The Morgan fingerprint density at radius 1 is 1.47 bits per heavy atom. The zero-order valence-corrected chi connectivity index (χ0v) is 13.0. The minimum Gasteiger partial charge on any atom is -0.465 e. The van der Waals surface area contributed by atoms with Crippen molar-refractivity contribution in [2.45, 2.75) is 31.9 Å². The van der Waals surface area contributed by atoms with E-state index in [2.05, 4.69) is 24.4 Å². The Labute approximate surface area is 115 Å².